The van der Waals surface area contributed by atoms with Gasteiger partial charge in [-0.15, -0.1) is 11.3 Å². The minimum absolute atomic E-state index is 0.172. The van der Waals surface area contributed by atoms with Crippen LogP contribution in [-0.4, -0.2) is 26.3 Å². The quantitative estimate of drug-likeness (QED) is 0.761. The van der Waals surface area contributed by atoms with Crippen LogP contribution in [-0.2, 0) is 19.8 Å². The molecule has 0 amide bonds. The molecule has 17 heavy (non-hydrogen) atoms. The van der Waals surface area contributed by atoms with Gasteiger partial charge in [0.25, 0.3) is 0 Å². The maximum atomic E-state index is 5.71. The molecule has 1 saturated carbocycles. The second kappa shape index (κ2) is 5.44. The van der Waals surface area contributed by atoms with E-state index in [4.69, 9.17) is 14.2 Å². The lowest BCUT2D eigenvalue weighted by Crippen LogP contribution is -2.24. The molecule has 0 saturated heterocycles. The highest BCUT2D eigenvalue weighted by atomic mass is 32.1. The molecule has 0 radical (unpaired) electrons. The van der Waals surface area contributed by atoms with Crippen LogP contribution in [0.1, 0.15) is 42.7 Å². The van der Waals surface area contributed by atoms with E-state index in [1.54, 1.807) is 32.7 Å². The molecule has 0 bridgehead atoms. The van der Waals surface area contributed by atoms with Crippen molar-refractivity contribution in [3.63, 3.8) is 0 Å². The van der Waals surface area contributed by atoms with Crippen LogP contribution in [0.5, 0.6) is 0 Å². The highest BCUT2D eigenvalue weighted by Crippen LogP contribution is 2.43. The van der Waals surface area contributed by atoms with E-state index in [0.717, 1.165) is 23.5 Å². The molecule has 1 heterocycles. The molecule has 0 atom stereocenters. The van der Waals surface area contributed by atoms with Crippen molar-refractivity contribution in [3.05, 3.63) is 16.1 Å². The van der Waals surface area contributed by atoms with Crippen LogP contribution in [0.3, 0.4) is 0 Å². The van der Waals surface area contributed by atoms with E-state index >= 15 is 0 Å². The number of ether oxygens (including phenoxy) is 3. The van der Waals surface area contributed by atoms with Gasteiger partial charge in [-0.3, -0.25) is 0 Å². The monoisotopic (exact) mass is 257 g/mol. The number of rotatable bonds is 5. The zero-order chi connectivity index (χ0) is 12.3. The lowest BCUT2D eigenvalue weighted by molar-refractivity contribution is -0.108. The van der Waals surface area contributed by atoms with Crippen molar-refractivity contribution in [2.24, 2.45) is 0 Å². The van der Waals surface area contributed by atoms with Crippen molar-refractivity contribution in [3.8, 4) is 0 Å². The minimum atomic E-state index is -0.379. The fraction of sp³-hybridized carbons (Fsp3) is 0.750. The second-order valence-electron chi connectivity index (χ2n) is 4.29. The van der Waals surface area contributed by atoms with Gasteiger partial charge in [-0.05, 0) is 12.8 Å². The number of aromatic nitrogens is 1. The summed E-state index contributed by atoms with van der Waals surface area (Å²) in [7, 11) is 5.01. The summed E-state index contributed by atoms with van der Waals surface area (Å²) >= 11 is 1.63. The molecule has 5 heteroatoms. The maximum Gasteiger partial charge on any atom is 0.201 e. The fourth-order valence-corrected chi connectivity index (χ4v) is 3.45. The molecule has 0 aromatic carbocycles. The van der Waals surface area contributed by atoms with Crippen LogP contribution in [0.2, 0.25) is 0 Å². The lowest BCUT2D eigenvalue weighted by atomic mass is 10.0. The predicted octanol–water partition coefficient (Wildman–Crippen LogP) is 2.85. The van der Waals surface area contributed by atoms with E-state index in [1.807, 2.05) is 5.38 Å². The normalized spacial score (nSPS) is 19.1. The van der Waals surface area contributed by atoms with E-state index in [2.05, 4.69) is 4.98 Å². The molecule has 1 fully saturated rings. The van der Waals surface area contributed by atoms with E-state index in [9.17, 15) is 0 Å². The first-order valence-corrected chi connectivity index (χ1v) is 6.70. The molecule has 0 spiro atoms. The lowest BCUT2D eigenvalue weighted by Gasteiger charge is -2.24. The van der Waals surface area contributed by atoms with E-state index in [0.29, 0.717) is 0 Å². The van der Waals surface area contributed by atoms with Gasteiger partial charge in [0.2, 0.25) is 6.29 Å². The standard InChI is InChI=1S/C12H19NO3S/c1-14-10(15-2)9-8-17-11(13-9)12(16-3)6-4-5-7-12/h8,10H,4-7H2,1-3H3. The van der Waals surface area contributed by atoms with Crippen molar-refractivity contribution in [2.45, 2.75) is 37.6 Å². The van der Waals surface area contributed by atoms with Gasteiger partial charge in [0.15, 0.2) is 0 Å². The van der Waals surface area contributed by atoms with Gasteiger partial charge in [0, 0.05) is 26.7 Å². The van der Waals surface area contributed by atoms with Crippen molar-refractivity contribution >= 4 is 11.3 Å². The molecule has 0 N–H and O–H groups in total. The third-order valence-corrected chi connectivity index (χ3v) is 4.43. The summed E-state index contributed by atoms with van der Waals surface area (Å²) in [4.78, 5) is 4.62. The number of thiazole rings is 1. The third-order valence-electron chi connectivity index (χ3n) is 3.38. The Bertz CT molecular complexity index is 356. The molecular formula is C12H19NO3S. The van der Waals surface area contributed by atoms with Crippen molar-refractivity contribution in [2.75, 3.05) is 21.3 Å². The summed E-state index contributed by atoms with van der Waals surface area (Å²) in [5.41, 5.74) is 0.660. The molecule has 4 nitrogen and oxygen atoms in total. The van der Waals surface area contributed by atoms with E-state index < -0.39 is 0 Å². The zero-order valence-corrected chi connectivity index (χ0v) is 11.4. The topological polar surface area (TPSA) is 40.6 Å². The molecule has 96 valence electrons. The summed E-state index contributed by atoms with van der Waals surface area (Å²) in [5, 5.41) is 3.04. The molecule has 0 aliphatic heterocycles. The van der Waals surface area contributed by atoms with Gasteiger partial charge in [-0.25, -0.2) is 4.98 Å². The maximum absolute atomic E-state index is 5.71. The molecular weight excluding hydrogens is 238 g/mol. The fourth-order valence-electron chi connectivity index (χ4n) is 2.39. The first-order valence-electron chi connectivity index (χ1n) is 5.82. The summed E-state index contributed by atoms with van der Waals surface area (Å²) in [5.74, 6) is 0. The molecule has 0 unspecified atom stereocenters. The van der Waals surface area contributed by atoms with Gasteiger partial charge in [-0.1, -0.05) is 12.8 Å². The Morgan fingerprint density at radius 2 is 1.88 bits per heavy atom. The molecule has 2 rings (SSSR count). The summed E-state index contributed by atoms with van der Waals surface area (Å²) in [6.45, 7) is 0. The Labute approximate surface area is 106 Å². The second-order valence-corrected chi connectivity index (χ2v) is 5.14. The highest BCUT2D eigenvalue weighted by Gasteiger charge is 2.38. The molecule has 1 aliphatic rings. The number of hydrogen-bond acceptors (Lipinski definition) is 5. The summed E-state index contributed by atoms with van der Waals surface area (Å²) in [6.07, 6.45) is 4.15. The minimum Gasteiger partial charge on any atom is -0.371 e. The largest absolute Gasteiger partial charge is 0.371 e. The van der Waals surface area contributed by atoms with Crippen LogP contribution in [0.25, 0.3) is 0 Å². The van der Waals surface area contributed by atoms with Crippen LogP contribution in [0.4, 0.5) is 0 Å². The van der Waals surface area contributed by atoms with Gasteiger partial charge in [0.1, 0.15) is 16.3 Å². The van der Waals surface area contributed by atoms with E-state index in [1.165, 1.54) is 12.8 Å². The number of methoxy groups -OCH3 is 3. The molecule has 1 aliphatic carbocycles. The van der Waals surface area contributed by atoms with Crippen molar-refractivity contribution < 1.29 is 14.2 Å². The first kappa shape index (κ1) is 13.0. The van der Waals surface area contributed by atoms with Crippen LogP contribution in [0, 0.1) is 0 Å². The van der Waals surface area contributed by atoms with Gasteiger partial charge >= 0.3 is 0 Å². The van der Waals surface area contributed by atoms with Gasteiger partial charge in [-0.2, -0.15) is 0 Å². The van der Waals surface area contributed by atoms with Crippen molar-refractivity contribution in [1.29, 1.82) is 0 Å². The Balaban J connectivity index is 2.22. The Hall–Kier alpha value is -0.490. The Morgan fingerprint density at radius 3 is 2.41 bits per heavy atom. The average molecular weight is 257 g/mol. The first-order chi connectivity index (χ1) is 8.25. The highest BCUT2D eigenvalue weighted by molar-refractivity contribution is 7.09. The average Bonchev–Trinajstić information content (AvgIpc) is 2.99. The van der Waals surface area contributed by atoms with Gasteiger partial charge < -0.3 is 14.2 Å². The van der Waals surface area contributed by atoms with Gasteiger partial charge in [0.05, 0.1) is 0 Å². The molecule has 1 aromatic heterocycles. The summed E-state index contributed by atoms with van der Waals surface area (Å²) in [6, 6.07) is 0. The van der Waals surface area contributed by atoms with Crippen LogP contribution >= 0.6 is 11.3 Å². The zero-order valence-electron chi connectivity index (χ0n) is 10.6. The predicted molar refractivity (Wildman–Crippen MR) is 66.0 cm³/mol. The summed E-state index contributed by atoms with van der Waals surface area (Å²) < 4.78 is 16.1. The third kappa shape index (κ3) is 2.38. The molecule has 1 aromatic rings. The Morgan fingerprint density at radius 1 is 1.24 bits per heavy atom. The number of nitrogens with zero attached hydrogens (tertiary/aromatic N) is 1. The number of hydrogen-bond donors (Lipinski definition) is 0. The Kier molecular flexibility index (Phi) is 4.14. The van der Waals surface area contributed by atoms with Crippen LogP contribution < -0.4 is 0 Å². The van der Waals surface area contributed by atoms with Crippen molar-refractivity contribution in [1.82, 2.24) is 4.98 Å². The van der Waals surface area contributed by atoms with E-state index in [-0.39, 0.29) is 11.9 Å². The SMILES string of the molecule is COC(OC)c1csc(C2(OC)CCCC2)n1. The van der Waals surface area contributed by atoms with Crippen LogP contribution in [0.15, 0.2) is 5.38 Å². The smallest absolute Gasteiger partial charge is 0.201 e.